The summed E-state index contributed by atoms with van der Waals surface area (Å²) in [4.78, 5) is 24.8. The van der Waals surface area contributed by atoms with Crippen molar-refractivity contribution < 1.29 is 14.6 Å². The van der Waals surface area contributed by atoms with E-state index in [1.165, 1.54) is 0 Å². The van der Waals surface area contributed by atoms with Crippen molar-refractivity contribution >= 4 is 28.0 Å². The Balaban J connectivity index is 0.00000165. The van der Waals surface area contributed by atoms with Gasteiger partial charge >= 0.3 is 0 Å². The first-order chi connectivity index (χ1) is 19.8. The van der Waals surface area contributed by atoms with Gasteiger partial charge in [0, 0.05) is 27.2 Å². The van der Waals surface area contributed by atoms with Crippen LogP contribution in [-0.4, -0.2) is 91.2 Å². The van der Waals surface area contributed by atoms with Crippen LogP contribution >= 0.6 is 0 Å². The first kappa shape index (κ1) is 29.0. The van der Waals surface area contributed by atoms with E-state index in [4.69, 9.17) is 29.4 Å². The van der Waals surface area contributed by atoms with Crippen LogP contribution < -0.4 is 4.90 Å². The molecule has 3 aromatic heterocycles. The van der Waals surface area contributed by atoms with Crippen molar-refractivity contribution in [3.05, 3.63) is 35.9 Å². The van der Waals surface area contributed by atoms with Crippen LogP contribution in [0, 0.1) is 18.8 Å². The largest absolute Gasteiger partial charge is 0.390 e. The summed E-state index contributed by atoms with van der Waals surface area (Å²) >= 11 is 0. The zero-order valence-electron chi connectivity index (χ0n) is 24.5. The number of anilines is 1. The fourth-order valence-electron chi connectivity index (χ4n) is 5.84. The molecule has 0 saturated carbocycles. The van der Waals surface area contributed by atoms with Gasteiger partial charge in [0.25, 0.3) is 0 Å². The summed E-state index contributed by atoms with van der Waals surface area (Å²) in [5.74, 6) is 3.41. The molecule has 0 amide bonds. The van der Waals surface area contributed by atoms with E-state index in [1.54, 1.807) is 7.11 Å². The molecule has 4 aromatic rings. The number of rotatable bonds is 7. The van der Waals surface area contributed by atoms with Crippen LogP contribution in [0.4, 0.5) is 5.82 Å². The summed E-state index contributed by atoms with van der Waals surface area (Å²) in [7, 11) is 3.71. The average molecular weight is 561 g/mol. The summed E-state index contributed by atoms with van der Waals surface area (Å²) in [5.41, 5.74) is 2.78. The van der Waals surface area contributed by atoms with E-state index in [2.05, 4.69) is 27.2 Å². The molecule has 6 rings (SSSR count). The van der Waals surface area contributed by atoms with Gasteiger partial charge in [-0.25, -0.2) is 9.97 Å². The Morgan fingerprint density at radius 1 is 1.00 bits per heavy atom. The minimum atomic E-state index is -0.637. The first-order valence-electron chi connectivity index (χ1n) is 14.1. The maximum Gasteiger partial charge on any atom is 0.239 e. The lowest BCUT2D eigenvalue weighted by Gasteiger charge is -2.37. The molecule has 5 heterocycles. The number of nitrogens with zero attached hydrogens (tertiary/aromatic N) is 8. The van der Waals surface area contributed by atoms with E-state index in [0.717, 1.165) is 85.2 Å². The second-order valence-corrected chi connectivity index (χ2v) is 11.2. The second-order valence-electron chi connectivity index (χ2n) is 11.2. The number of likely N-dealkylation sites (tertiary alicyclic amines) is 1. The predicted octanol–water partition coefficient (Wildman–Crippen LogP) is 2.92. The first-order valence-corrected chi connectivity index (χ1v) is 14.1. The Hall–Kier alpha value is -3.56. The van der Waals surface area contributed by atoms with Crippen molar-refractivity contribution in [2.45, 2.75) is 45.4 Å². The molecule has 1 aromatic carbocycles. The summed E-state index contributed by atoms with van der Waals surface area (Å²) in [5, 5.41) is 10.5. The maximum absolute atomic E-state index is 10.5. The quantitative estimate of drug-likeness (QED) is 0.342. The minimum absolute atomic E-state index is 0.321. The molecular weight excluding hydrogens is 520 g/mol. The lowest BCUT2D eigenvalue weighted by molar-refractivity contribution is -0.0139. The molecule has 11 heteroatoms. The Labute approximate surface area is 241 Å². The number of benzene rings is 1. The summed E-state index contributed by atoms with van der Waals surface area (Å²) < 4.78 is 15.2. The molecule has 2 fully saturated rings. The van der Waals surface area contributed by atoms with Gasteiger partial charge < -0.3 is 24.0 Å². The molecule has 2 aliphatic rings. The van der Waals surface area contributed by atoms with Crippen molar-refractivity contribution in [3.8, 4) is 18.8 Å². The van der Waals surface area contributed by atoms with Gasteiger partial charge in [0.2, 0.25) is 5.95 Å². The van der Waals surface area contributed by atoms with Gasteiger partial charge in [-0.1, -0.05) is 12.1 Å². The zero-order valence-corrected chi connectivity index (χ0v) is 24.5. The molecule has 0 spiro atoms. The van der Waals surface area contributed by atoms with Crippen LogP contribution in [0.1, 0.15) is 38.3 Å². The Bertz CT molecular complexity index is 1500. The molecule has 0 radical (unpaired) electrons. The van der Waals surface area contributed by atoms with Gasteiger partial charge in [-0.15, -0.1) is 12.8 Å². The number of aryl methyl sites for hydroxylation is 1. The number of aliphatic hydroxyl groups is 1. The lowest BCUT2D eigenvalue weighted by Crippen LogP contribution is -2.41. The number of hydrogen-bond donors (Lipinski definition) is 1. The molecule has 218 valence electrons. The number of methoxy groups -OCH3 is 1. The highest BCUT2D eigenvalue weighted by Gasteiger charge is 2.31. The maximum atomic E-state index is 10.5. The highest BCUT2D eigenvalue weighted by atomic mass is 16.5. The zero-order chi connectivity index (χ0) is 29.1. The molecule has 0 atom stereocenters. The molecule has 0 aliphatic carbocycles. The van der Waals surface area contributed by atoms with Gasteiger partial charge in [-0.3, -0.25) is 9.47 Å². The lowest BCUT2D eigenvalue weighted by atomic mass is 9.83. The van der Waals surface area contributed by atoms with Crippen LogP contribution in [-0.2, 0) is 29.7 Å². The third-order valence-electron chi connectivity index (χ3n) is 8.15. The number of terminal acetylenes is 1. The number of imidazole rings is 2. The normalized spacial score (nSPS) is 17.2. The standard InChI is InChI=1S/C28H38N8O3.C2H2/c1-28(2,37)19-9-11-34(12-10-19)17-22-30-24-25(33(22)3)31-27(32-26(24)35-13-15-39-16-14-35)36-21-8-6-5-7-20(21)29-23(36)18-38-4;1-2/h5-8,19,37H,9-18H2,1-4H3;1-2H. The number of hydrogen-bond acceptors (Lipinski definition) is 9. The van der Waals surface area contributed by atoms with E-state index < -0.39 is 5.60 Å². The number of piperidine rings is 1. The fourth-order valence-corrected chi connectivity index (χ4v) is 5.84. The van der Waals surface area contributed by atoms with Crippen molar-refractivity contribution in [2.75, 3.05) is 51.4 Å². The Morgan fingerprint density at radius 3 is 2.39 bits per heavy atom. The van der Waals surface area contributed by atoms with Crippen LogP contribution in [0.5, 0.6) is 0 Å². The Morgan fingerprint density at radius 2 is 1.71 bits per heavy atom. The molecular formula is C30H40N8O3. The monoisotopic (exact) mass is 560 g/mol. The molecule has 0 unspecified atom stereocenters. The summed E-state index contributed by atoms with van der Waals surface area (Å²) in [6.45, 7) is 9.59. The molecule has 41 heavy (non-hydrogen) atoms. The van der Waals surface area contributed by atoms with E-state index in [0.29, 0.717) is 31.7 Å². The van der Waals surface area contributed by atoms with E-state index in [1.807, 2.05) is 49.7 Å². The Kier molecular flexibility index (Phi) is 8.56. The molecule has 11 nitrogen and oxygen atoms in total. The molecule has 2 aliphatic heterocycles. The van der Waals surface area contributed by atoms with Crippen molar-refractivity contribution in [3.63, 3.8) is 0 Å². The highest BCUT2D eigenvalue weighted by Crippen LogP contribution is 2.31. The van der Waals surface area contributed by atoms with Gasteiger partial charge in [-0.2, -0.15) is 9.97 Å². The van der Waals surface area contributed by atoms with Crippen LogP contribution in [0.15, 0.2) is 24.3 Å². The molecule has 1 N–H and O–H groups in total. The van der Waals surface area contributed by atoms with Crippen LogP contribution in [0.25, 0.3) is 28.1 Å². The highest BCUT2D eigenvalue weighted by molar-refractivity contribution is 5.86. The van der Waals surface area contributed by atoms with Crippen LogP contribution in [0.2, 0.25) is 0 Å². The number of para-hydroxylation sites is 2. The average Bonchev–Trinajstić information content (AvgIpc) is 3.51. The summed E-state index contributed by atoms with van der Waals surface area (Å²) in [6.07, 6.45) is 9.96. The SMILES string of the molecule is C#C.COCc1nc2ccccc2n1-c1nc(N2CCOCC2)c2nc(CN3CCC(C(C)(C)O)CC3)n(C)c2n1. The van der Waals surface area contributed by atoms with E-state index >= 15 is 0 Å². The minimum Gasteiger partial charge on any atom is -0.390 e. The number of morpholine rings is 1. The fraction of sp³-hybridized carbons (Fsp3) is 0.533. The van der Waals surface area contributed by atoms with Gasteiger partial charge in [0.1, 0.15) is 18.3 Å². The topological polar surface area (TPSA) is 107 Å². The smallest absolute Gasteiger partial charge is 0.239 e. The van der Waals surface area contributed by atoms with Crippen molar-refractivity contribution in [1.29, 1.82) is 0 Å². The number of ether oxygens (including phenoxy) is 2. The number of fused-ring (bicyclic) bond motifs is 2. The third-order valence-corrected chi connectivity index (χ3v) is 8.15. The van der Waals surface area contributed by atoms with Crippen molar-refractivity contribution in [1.82, 2.24) is 34.0 Å². The van der Waals surface area contributed by atoms with Crippen molar-refractivity contribution in [2.24, 2.45) is 13.0 Å². The summed E-state index contributed by atoms with van der Waals surface area (Å²) in [6, 6.07) is 8.02. The number of aromatic nitrogens is 6. The molecule has 2 saturated heterocycles. The molecule has 0 bridgehead atoms. The van der Waals surface area contributed by atoms with Crippen LogP contribution in [0.3, 0.4) is 0 Å². The van der Waals surface area contributed by atoms with E-state index in [-0.39, 0.29) is 0 Å². The van der Waals surface area contributed by atoms with Gasteiger partial charge in [0.15, 0.2) is 17.0 Å². The predicted molar refractivity (Wildman–Crippen MR) is 159 cm³/mol. The van der Waals surface area contributed by atoms with E-state index in [9.17, 15) is 5.11 Å². The third kappa shape index (κ3) is 5.78. The van der Waals surface area contributed by atoms with Gasteiger partial charge in [-0.05, 0) is 57.8 Å². The van der Waals surface area contributed by atoms with Gasteiger partial charge in [0.05, 0.1) is 36.4 Å². The second kappa shape index (κ2) is 12.1.